The van der Waals surface area contributed by atoms with Crippen molar-refractivity contribution in [3.05, 3.63) is 57.9 Å². The van der Waals surface area contributed by atoms with Crippen LogP contribution in [-0.4, -0.2) is 19.0 Å². The van der Waals surface area contributed by atoms with Crippen LogP contribution in [-0.2, 0) is 9.53 Å². The summed E-state index contributed by atoms with van der Waals surface area (Å²) < 4.78 is 10.4. The van der Waals surface area contributed by atoms with E-state index in [2.05, 4.69) is 4.99 Å². The van der Waals surface area contributed by atoms with Crippen LogP contribution in [0, 0.1) is 0 Å². The van der Waals surface area contributed by atoms with E-state index in [0.29, 0.717) is 11.6 Å². The van der Waals surface area contributed by atoms with Crippen molar-refractivity contribution in [2.24, 2.45) is 4.99 Å². The molecule has 1 aromatic carbocycles. The highest BCUT2D eigenvalue weighted by molar-refractivity contribution is 7.12. The fraction of sp³-hybridized carbons (Fsp3) is 0.0667. The zero-order valence-electron chi connectivity index (χ0n) is 10.7. The van der Waals surface area contributed by atoms with E-state index in [1.54, 1.807) is 13.2 Å². The number of carbonyl (C=O) groups excluding carboxylic acids is 1. The zero-order chi connectivity index (χ0) is 13.9. The molecule has 0 unspecified atom stereocenters. The Morgan fingerprint density at radius 3 is 2.85 bits per heavy atom. The van der Waals surface area contributed by atoms with Crippen molar-refractivity contribution < 1.29 is 14.3 Å². The van der Waals surface area contributed by atoms with Crippen molar-refractivity contribution in [2.45, 2.75) is 0 Å². The molecule has 0 bridgehead atoms. The van der Waals surface area contributed by atoms with Crippen molar-refractivity contribution in [2.75, 3.05) is 7.11 Å². The van der Waals surface area contributed by atoms with E-state index >= 15 is 0 Å². The molecule has 4 nitrogen and oxygen atoms in total. The molecule has 0 radical (unpaired) electrons. The van der Waals surface area contributed by atoms with Gasteiger partial charge in [0.2, 0.25) is 5.90 Å². The Bertz CT molecular complexity index is 702. The standard InChI is InChI=1S/C15H11NO3S/c1-18-12-6-3-2-5-10(12)9-11-15(17)19-14(16-11)13-7-4-8-20-13/h2-9H,1H3/b11-9+. The lowest BCUT2D eigenvalue weighted by Crippen LogP contribution is -2.03. The van der Waals surface area contributed by atoms with E-state index in [1.165, 1.54) is 11.3 Å². The Hall–Kier alpha value is -2.40. The normalized spacial score (nSPS) is 16.1. The lowest BCUT2D eigenvalue weighted by molar-refractivity contribution is -0.129. The Morgan fingerprint density at radius 1 is 1.25 bits per heavy atom. The number of esters is 1. The minimum Gasteiger partial charge on any atom is -0.496 e. The Balaban J connectivity index is 1.97. The number of thiophene rings is 1. The predicted octanol–water partition coefficient (Wildman–Crippen LogP) is 3.10. The summed E-state index contributed by atoms with van der Waals surface area (Å²) in [5, 5.41) is 1.91. The van der Waals surface area contributed by atoms with Crippen LogP contribution >= 0.6 is 11.3 Å². The van der Waals surface area contributed by atoms with Gasteiger partial charge in [0.1, 0.15) is 5.75 Å². The topological polar surface area (TPSA) is 47.9 Å². The molecule has 1 aliphatic rings. The van der Waals surface area contributed by atoms with Gasteiger partial charge in [0, 0.05) is 5.56 Å². The number of ether oxygens (including phenoxy) is 2. The van der Waals surface area contributed by atoms with Crippen LogP contribution in [0.2, 0.25) is 0 Å². The summed E-state index contributed by atoms with van der Waals surface area (Å²) in [7, 11) is 1.59. The van der Waals surface area contributed by atoms with Crippen LogP contribution in [0.1, 0.15) is 10.4 Å². The molecule has 0 aliphatic carbocycles. The Kier molecular flexibility index (Phi) is 3.35. The number of methoxy groups -OCH3 is 1. The number of aliphatic imine (C=N–C) groups is 1. The number of benzene rings is 1. The minimum absolute atomic E-state index is 0.276. The van der Waals surface area contributed by atoms with Crippen LogP contribution in [0.25, 0.3) is 6.08 Å². The first-order chi connectivity index (χ1) is 9.78. The fourth-order valence-corrected chi connectivity index (χ4v) is 2.50. The van der Waals surface area contributed by atoms with Gasteiger partial charge in [-0.25, -0.2) is 9.79 Å². The molecule has 0 fully saturated rings. The SMILES string of the molecule is COc1ccccc1/C=C1/N=C(c2cccs2)OC1=O. The third-order valence-corrected chi connectivity index (χ3v) is 3.64. The fourth-order valence-electron chi connectivity index (χ4n) is 1.85. The molecule has 1 aromatic heterocycles. The molecule has 100 valence electrons. The van der Waals surface area contributed by atoms with Gasteiger partial charge in [-0.15, -0.1) is 11.3 Å². The molecule has 0 atom stereocenters. The van der Waals surface area contributed by atoms with Gasteiger partial charge < -0.3 is 9.47 Å². The van der Waals surface area contributed by atoms with E-state index in [0.717, 1.165) is 10.4 Å². The van der Waals surface area contributed by atoms with Crippen molar-refractivity contribution in [1.82, 2.24) is 0 Å². The third kappa shape index (κ3) is 2.35. The molecule has 2 aromatic rings. The highest BCUT2D eigenvalue weighted by atomic mass is 32.1. The molecule has 0 N–H and O–H groups in total. The predicted molar refractivity (Wildman–Crippen MR) is 77.9 cm³/mol. The molecule has 0 saturated carbocycles. The van der Waals surface area contributed by atoms with Crippen molar-refractivity contribution >= 4 is 29.3 Å². The number of carbonyl (C=O) groups is 1. The molecule has 5 heteroatoms. The smallest absolute Gasteiger partial charge is 0.363 e. The van der Waals surface area contributed by atoms with Gasteiger partial charge in [0.15, 0.2) is 5.70 Å². The summed E-state index contributed by atoms with van der Waals surface area (Å²) in [4.78, 5) is 16.9. The van der Waals surface area contributed by atoms with Gasteiger partial charge in [-0.05, 0) is 23.6 Å². The summed E-state index contributed by atoms with van der Waals surface area (Å²) in [6.45, 7) is 0. The van der Waals surface area contributed by atoms with Crippen LogP contribution in [0.4, 0.5) is 0 Å². The third-order valence-electron chi connectivity index (χ3n) is 2.78. The first-order valence-corrected chi connectivity index (χ1v) is 6.85. The van der Waals surface area contributed by atoms with Crippen LogP contribution in [0.5, 0.6) is 5.75 Å². The average molecular weight is 285 g/mol. The van der Waals surface area contributed by atoms with Gasteiger partial charge >= 0.3 is 5.97 Å². The summed E-state index contributed by atoms with van der Waals surface area (Å²) >= 11 is 1.48. The van der Waals surface area contributed by atoms with Crippen LogP contribution < -0.4 is 4.74 Å². The lowest BCUT2D eigenvalue weighted by atomic mass is 10.1. The van der Waals surface area contributed by atoms with Gasteiger partial charge in [-0.2, -0.15) is 0 Å². The maximum Gasteiger partial charge on any atom is 0.363 e. The van der Waals surface area contributed by atoms with Crippen LogP contribution in [0.3, 0.4) is 0 Å². The van der Waals surface area contributed by atoms with E-state index < -0.39 is 5.97 Å². The Labute approximate surface area is 120 Å². The quantitative estimate of drug-likeness (QED) is 0.643. The van der Waals surface area contributed by atoms with E-state index in [1.807, 2.05) is 41.8 Å². The monoisotopic (exact) mass is 285 g/mol. The second-order valence-electron chi connectivity index (χ2n) is 4.06. The molecular weight excluding hydrogens is 274 g/mol. The number of para-hydroxylation sites is 1. The van der Waals surface area contributed by atoms with Crippen molar-refractivity contribution in [1.29, 1.82) is 0 Å². The molecule has 0 spiro atoms. The molecule has 20 heavy (non-hydrogen) atoms. The second-order valence-corrected chi connectivity index (χ2v) is 5.00. The van der Waals surface area contributed by atoms with Gasteiger partial charge in [0.05, 0.1) is 12.0 Å². The number of hydrogen-bond acceptors (Lipinski definition) is 5. The summed E-state index contributed by atoms with van der Waals surface area (Å²) in [6, 6.07) is 11.2. The largest absolute Gasteiger partial charge is 0.496 e. The second kappa shape index (κ2) is 5.30. The average Bonchev–Trinajstić information content (AvgIpc) is 3.10. The zero-order valence-corrected chi connectivity index (χ0v) is 11.5. The first-order valence-electron chi connectivity index (χ1n) is 5.97. The number of cyclic esters (lactones) is 1. The highest BCUT2D eigenvalue weighted by Crippen LogP contribution is 2.25. The van der Waals surface area contributed by atoms with E-state index in [4.69, 9.17) is 9.47 Å². The summed E-state index contributed by atoms with van der Waals surface area (Å²) in [6.07, 6.45) is 1.67. The van der Waals surface area contributed by atoms with Gasteiger partial charge in [-0.1, -0.05) is 24.3 Å². The maximum absolute atomic E-state index is 11.8. The Morgan fingerprint density at radius 2 is 2.10 bits per heavy atom. The number of rotatable bonds is 3. The highest BCUT2D eigenvalue weighted by Gasteiger charge is 2.24. The summed E-state index contributed by atoms with van der Waals surface area (Å²) in [5.74, 6) is 0.595. The molecule has 0 amide bonds. The molecule has 3 rings (SSSR count). The molecule has 0 saturated heterocycles. The molecule has 1 aliphatic heterocycles. The maximum atomic E-state index is 11.8. The van der Waals surface area contributed by atoms with Crippen molar-refractivity contribution in [3.8, 4) is 5.75 Å². The lowest BCUT2D eigenvalue weighted by Gasteiger charge is -2.03. The van der Waals surface area contributed by atoms with Crippen LogP contribution in [0.15, 0.2) is 52.5 Å². The van der Waals surface area contributed by atoms with E-state index in [-0.39, 0.29) is 5.70 Å². The minimum atomic E-state index is -0.445. The first kappa shape index (κ1) is 12.6. The number of hydrogen-bond donors (Lipinski definition) is 0. The van der Waals surface area contributed by atoms with Crippen molar-refractivity contribution in [3.63, 3.8) is 0 Å². The van der Waals surface area contributed by atoms with Gasteiger partial charge in [-0.3, -0.25) is 0 Å². The summed E-state index contributed by atoms with van der Waals surface area (Å²) in [5.41, 5.74) is 1.07. The van der Waals surface area contributed by atoms with Gasteiger partial charge in [0.25, 0.3) is 0 Å². The van der Waals surface area contributed by atoms with E-state index in [9.17, 15) is 4.79 Å². The number of nitrogens with zero attached hydrogens (tertiary/aromatic N) is 1. The molecular formula is C15H11NO3S. The molecule has 2 heterocycles.